The molecule has 0 aliphatic rings. The minimum Gasteiger partial charge on any atom is -0.462 e. The van der Waals surface area contributed by atoms with Crippen LogP contribution in [0.25, 0.3) is 0 Å². The first kappa shape index (κ1) is 16.9. The summed E-state index contributed by atoms with van der Waals surface area (Å²) in [4.78, 5) is 34.0. The second-order valence-electron chi connectivity index (χ2n) is 3.58. The maximum atomic E-state index is 11.6. The van der Waals surface area contributed by atoms with Crippen molar-refractivity contribution in [2.45, 2.75) is 27.7 Å². The van der Waals surface area contributed by atoms with Gasteiger partial charge in [-0.2, -0.15) is 0 Å². The van der Waals surface area contributed by atoms with Crippen LogP contribution in [0.3, 0.4) is 0 Å². The topological polar surface area (TPSA) is 81.7 Å². The van der Waals surface area contributed by atoms with E-state index in [4.69, 9.17) is 9.47 Å². The molecule has 0 aliphatic carbocycles. The van der Waals surface area contributed by atoms with Crippen molar-refractivity contribution in [3.63, 3.8) is 0 Å². The summed E-state index contributed by atoms with van der Waals surface area (Å²) in [5.41, 5.74) is 0.249. The van der Waals surface area contributed by atoms with Crippen LogP contribution in [-0.2, 0) is 23.9 Å². The van der Waals surface area contributed by atoms with Gasteiger partial charge in [-0.1, -0.05) is 0 Å². The molecule has 0 aromatic rings. The third-order valence-corrected chi connectivity index (χ3v) is 1.85. The monoisotopic (exact) mass is 269 g/mol. The summed E-state index contributed by atoms with van der Waals surface area (Å²) in [6, 6.07) is 0. The van der Waals surface area contributed by atoms with E-state index in [0.717, 1.165) is 0 Å². The van der Waals surface area contributed by atoms with E-state index in [2.05, 4.69) is 5.32 Å². The van der Waals surface area contributed by atoms with Gasteiger partial charge in [-0.05, 0) is 33.8 Å². The van der Waals surface area contributed by atoms with E-state index in [9.17, 15) is 14.4 Å². The van der Waals surface area contributed by atoms with Gasteiger partial charge in [-0.3, -0.25) is 4.79 Å². The van der Waals surface area contributed by atoms with Crippen LogP contribution >= 0.6 is 0 Å². The molecular formula is C13H19NO5. The Morgan fingerprint density at radius 2 is 1.47 bits per heavy atom. The van der Waals surface area contributed by atoms with E-state index < -0.39 is 11.9 Å². The lowest BCUT2D eigenvalue weighted by atomic mass is 10.3. The van der Waals surface area contributed by atoms with E-state index in [1.165, 1.54) is 19.2 Å². The second-order valence-corrected chi connectivity index (χ2v) is 3.58. The number of allylic oxidation sites excluding steroid dienone is 2. The van der Waals surface area contributed by atoms with Crippen molar-refractivity contribution in [1.29, 1.82) is 0 Å². The van der Waals surface area contributed by atoms with Crippen molar-refractivity contribution in [3.05, 3.63) is 23.5 Å². The lowest BCUT2D eigenvalue weighted by Crippen LogP contribution is -2.21. The quantitative estimate of drug-likeness (QED) is 0.322. The maximum Gasteiger partial charge on any atom is 0.347 e. The van der Waals surface area contributed by atoms with Crippen LogP contribution < -0.4 is 5.32 Å². The highest BCUT2D eigenvalue weighted by Crippen LogP contribution is 2.02. The van der Waals surface area contributed by atoms with Crippen LogP contribution in [0.15, 0.2) is 23.5 Å². The zero-order chi connectivity index (χ0) is 14.8. The van der Waals surface area contributed by atoms with Crippen LogP contribution in [0.4, 0.5) is 0 Å². The van der Waals surface area contributed by atoms with Crippen LogP contribution in [0.1, 0.15) is 27.7 Å². The molecule has 0 bridgehead atoms. The summed E-state index contributed by atoms with van der Waals surface area (Å²) in [5.74, 6) is -1.69. The Bertz CT molecular complexity index is 389. The Balaban J connectivity index is 4.97. The van der Waals surface area contributed by atoms with Gasteiger partial charge in [0.25, 0.3) is 0 Å². The van der Waals surface area contributed by atoms with E-state index >= 15 is 0 Å². The highest BCUT2D eigenvalue weighted by atomic mass is 16.6. The molecule has 19 heavy (non-hydrogen) atoms. The van der Waals surface area contributed by atoms with Gasteiger partial charge in [0.2, 0.25) is 0 Å². The molecule has 0 rings (SSSR count). The third kappa shape index (κ3) is 7.03. The van der Waals surface area contributed by atoms with Gasteiger partial charge >= 0.3 is 11.9 Å². The Morgan fingerprint density at radius 1 is 1.00 bits per heavy atom. The fourth-order valence-corrected chi connectivity index (χ4v) is 1.15. The summed E-state index contributed by atoms with van der Waals surface area (Å²) < 4.78 is 9.50. The summed E-state index contributed by atoms with van der Waals surface area (Å²) in [5, 5.41) is 2.67. The first-order valence-corrected chi connectivity index (χ1v) is 5.92. The number of ketones is 1. The molecule has 0 saturated heterocycles. The number of rotatable bonds is 7. The SMILES string of the molecule is CCOC(=O)C(=CN/C(C)=C\C(C)=O)C(=O)OCC. The number of carbonyl (C=O) groups excluding carboxylic acids is 3. The molecule has 0 amide bonds. The minimum atomic E-state index is -0.774. The average Bonchev–Trinajstić information content (AvgIpc) is 2.28. The number of ether oxygens (including phenoxy) is 2. The van der Waals surface area contributed by atoms with Crippen molar-refractivity contribution in [2.75, 3.05) is 13.2 Å². The molecule has 0 heterocycles. The highest BCUT2D eigenvalue weighted by molar-refractivity contribution is 6.14. The van der Waals surface area contributed by atoms with Crippen molar-refractivity contribution in [3.8, 4) is 0 Å². The van der Waals surface area contributed by atoms with E-state index in [1.54, 1.807) is 20.8 Å². The number of nitrogens with one attached hydrogen (secondary N) is 1. The fourth-order valence-electron chi connectivity index (χ4n) is 1.15. The van der Waals surface area contributed by atoms with Crippen molar-refractivity contribution in [1.82, 2.24) is 5.32 Å². The Labute approximate surface area is 112 Å². The van der Waals surface area contributed by atoms with Gasteiger partial charge in [-0.15, -0.1) is 0 Å². The normalized spacial score (nSPS) is 10.4. The Kier molecular flexibility index (Phi) is 7.92. The summed E-state index contributed by atoms with van der Waals surface area (Å²) in [6.45, 7) is 6.60. The second kappa shape index (κ2) is 8.91. The largest absolute Gasteiger partial charge is 0.462 e. The molecule has 0 aromatic heterocycles. The molecule has 0 saturated carbocycles. The molecular weight excluding hydrogens is 250 g/mol. The van der Waals surface area contributed by atoms with Gasteiger partial charge in [0.15, 0.2) is 11.4 Å². The number of hydrogen-bond donors (Lipinski definition) is 1. The summed E-state index contributed by atoms with van der Waals surface area (Å²) >= 11 is 0. The smallest absolute Gasteiger partial charge is 0.347 e. The average molecular weight is 269 g/mol. The molecule has 6 nitrogen and oxygen atoms in total. The minimum absolute atomic E-state index is 0.146. The zero-order valence-electron chi connectivity index (χ0n) is 11.6. The lowest BCUT2D eigenvalue weighted by molar-refractivity contribution is -0.146. The van der Waals surface area contributed by atoms with Gasteiger partial charge in [0.1, 0.15) is 0 Å². The third-order valence-electron chi connectivity index (χ3n) is 1.85. The van der Waals surface area contributed by atoms with Gasteiger partial charge in [0, 0.05) is 11.9 Å². The Morgan fingerprint density at radius 3 is 1.84 bits per heavy atom. The van der Waals surface area contributed by atoms with Gasteiger partial charge < -0.3 is 14.8 Å². The molecule has 0 fully saturated rings. The predicted molar refractivity (Wildman–Crippen MR) is 68.9 cm³/mol. The molecule has 6 heteroatoms. The van der Waals surface area contributed by atoms with E-state index in [1.807, 2.05) is 0 Å². The first-order chi connectivity index (χ1) is 8.92. The number of hydrogen-bond acceptors (Lipinski definition) is 6. The molecule has 1 N–H and O–H groups in total. The van der Waals surface area contributed by atoms with Crippen molar-refractivity contribution < 1.29 is 23.9 Å². The molecule has 0 aliphatic heterocycles. The lowest BCUT2D eigenvalue weighted by Gasteiger charge is -2.07. The predicted octanol–water partition coefficient (Wildman–Crippen LogP) is 1.08. The fraction of sp³-hybridized carbons (Fsp3) is 0.462. The first-order valence-electron chi connectivity index (χ1n) is 5.92. The summed E-state index contributed by atoms with van der Waals surface area (Å²) in [6.07, 6.45) is 2.51. The van der Waals surface area contributed by atoms with E-state index in [-0.39, 0.29) is 24.6 Å². The maximum absolute atomic E-state index is 11.6. The molecule has 0 atom stereocenters. The molecule has 0 radical (unpaired) electrons. The molecule has 0 aromatic carbocycles. The molecule has 106 valence electrons. The summed E-state index contributed by atoms with van der Waals surface area (Å²) in [7, 11) is 0. The van der Waals surface area contributed by atoms with Crippen LogP contribution in [0, 0.1) is 0 Å². The number of esters is 2. The van der Waals surface area contributed by atoms with E-state index in [0.29, 0.717) is 5.70 Å². The van der Waals surface area contributed by atoms with Crippen LogP contribution in [-0.4, -0.2) is 30.9 Å². The van der Waals surface area contributed by atoms with Crippen molar-refractivity contribution in [2.24, 2.45) is 0 Å². The molecule has 0 spiro atoms. The Hall–Kier alpha value is -2.11. The zero-order valence-corrected chi connectivity index (χ0v) is 11.6. The van der Waals surface area contributed by atoms with Crippen molar-refractivity contribution >= 4 is 17.7 Å². The molecule has 0 unspecified atom stereocenters. The van der Waals surface area contributed by atoms with Crippen LogP contribution in [0.2, 0.25) is 0 Å². The standard InChI is InChI=1S/C13H19NO5/c1-5-18-12(16)11(13(17)19-6-2)8-14-9(3)7-10(4)15/h7-8,14H,5-6H2,1-4H3/b9-7-. The van der Waals surface area contributed by atoms with Gasteiger partial charge in [-0.25, -0.2) is 9.59 Å². The highest BCUT2D eigenvalue weighted by Gasteiger charge is 2.20. The number of carbonyl (C=O) groups is 3. The van der Waals surface area contributed by atoms with Gasteiger partial charge in [0.05, 0.1) is 13.2 Å². The van der Waals surface area contributed by atoms with Crippen LogP contribution in [0.5, 0.6) is 0 Å².